The lowest BCUT2D eigenvalue weighted by Crippen LogP contribution is -2.23. The van der Waals surface area contributed by atoms with Gasteiger partial charge in [0.15, 0.2) is 0 Å². The Hall–Kier alpha value is -1.38. The second kappa shape index (κ2) is 5.94. The predicted octanol–water partition coefficient (Wildman–Crippen LogP) is 4.28. The van der Waals surface area contributed by atoms with Gasteiger partial charge < -0.3 is 5.32 Å². The molecule has 1 heterocycles. The molecule has 0 aliphatic heterocycles. The first-order valence-corrected chi connectivity index (χ1v) is 7.51. The van der Waals surface area contributed by atoms with Gasteiger partial charge in [0.2, 0.25) is 0 Å². The van der Waals surface area contributed by atoms with Gasteiger partial charge in [-0.25, -0.2) is 0 Å². The van der Waals surface area contributed by atoms with Gasteiger partial charge in [-0.1, -0.05) is 29.8 Å². The number of aryl methyl sites for hydroxylation is 1. The minimum absolute atomic E-state index is 0.411. The molecule has 3 rings (SSSR count). The van der Waals surface area contributed by atoms with E-state index in [0.29, 0.717) is 6.04 Å². The van der Waals surface area contributed by atoms with Crippen molar-refractivity contribution in [3.05, 3.63) is 64.4 Å². The molecule has 3 heteroatoms. The van der Waals surface area contributed by atoms with E-state index in [1.807, 2.05) is 24.4 Å². The van der Waals surface area contributed by atoms with Crippen LogP contribution in [0.5, 0.6) is 0 Å². The Labute approximate surface area is 125 Å². The van der Waals surface area contributed by atoms with Crippen LogP contribution in [0, 0.1) is 12.8 Å². The van der Waals surface area contributed by atoms with Crippen LogP contribution in [-0.4, -0.2) is 4.98 Å². The third-order valence-corrected chi connectivity index (χ3v) is 4.18. The Morgan fingerprint density at radius 2 is 2.00 bits per heavy atom. The molecule has 1 N–H and O–H groups in total. The Morgan fingerprint density at radius 3 is 2.65 bits per heavy atom. The molecular weight excluding hydrogens is 268 g/mol. The SMILES string of the molecule is Cc1cccnc1CNC(c1ccc(Cl)cc1)C1CC1. The van der Waals surface area contributed by atoms with Crippen molar-refractivity contribution in [1.29, 1.82) is 0 Å². The standard InChI is InChI=1S/C17H19ClN2/c1-12-3-2-10-19-16(12)11-20-17(13-4-5-13)14-6-8-15(18)9-7-14/h2-3,6-10,13,17,20H,4-5,11H2,1H3. The van der Waals surface area contributed by atoms with Gasteiger partial charge in [-0.05, 0) is 55.0 Å². The zero-order chi connectivity index (χ0) is 13.9. The summed E-state index contributed by atoms with van der Waals surface area (Å²) < 4.78 is 0. The molecule has 1 aromatic heterocycles. The smallest absolute Gasteiger partial charge is 0.0570 e. The highest BCUT2D eigenvalue weighted by molar-refractivity contribution is 6.30. The first kappa shape index (κ1) is 13.6. The topological polar surface area (TPSA) is 24.9 Å². The Kier molecular flexibility index (Phi) is 4.04. The molecular formula is C17H19ClN2. The van der Waals surface area contributed by atoms with Crippen LogP contribution in [0.25, 0.3) is 0 Å². The molecule has 0 amide bonds. The summed E-state index contributed by atoms with van der Waals surface area (Å²) in [6.07, 6.45) is 4.47. The van der Waals surface area contributed by atoms with Crippen LogP contribution in [0.15, 0.2) is 42.6 Å². The summed E-state index contributed by atoms with van der Waals surface area (Å²) in [5, 5.41) is 4.46. The van der Waals surface area contributed by atoms with Crippen LogP contribution in [0.4, 0.5) is 0 Å². The van der Waals surface area contributed by atoms with Gasteiger partial charge in [0.1, 0.15) is 0 Å². The molecule has 2 nitrogen and oxygen atoms in total. The van der Waals surface area contributed by atoms with Gasteiger partial charge in [0.05, 0.1) is 5.69 Å². The van der Waals surface area contributed by atoms with Crippen LogP contribution >= 0.6 is 11.6 Å². The molecule has 104 valence electrons. The van der Waals surface area contributed by atoms with Crippen molar-refractivity contribution in [2.24, 2.45) is 5.92 Å². The second-order valence-electron chi connectivity index (χ2n) is 5.51. The molecule has 1 aliphatic carbocycles. The number of hydrogen-bond acceptors (Lipinski definition) is 2. The van der Waals surface area contributed by atoms with E-state index in [1.165, 1.54) is 24.0 Å². The Balaban J connectivity index is 1.72. The van der Waals surface area contributed by atoms with E-state index in [2.05, 4.69) is 35.4 Å². The summed E-state index contributed by atoms with van der Waals surface area (Å²) in [4.78, 5) is 4.45. The first-order valence-electron chi connectivity index (χ1n) is 7.13. The van der Waals surface area contributed by atoms with Crippen LogP contribution in [0.3, 0.4) is 0 Å². The third-order valence-electron chi connectivity index (χ3n) is 3.93. The largest absolute Gasteiger partial charge is 0.304 e. The number of benzene rings is 1. The fourth-order valence-electron chi connectivity index (χ4n) is 2.57. The van der Waals surface area contributed by atoms with Gasteiger partial charge in [0.25, 0.3) is 0 Å². The summed E-state index contributed by atoms with van der Waals surface area (Å²) in [5.41, 5.74) is 3.70. The maximum Gasteiger partial charge on any atom is 0.0570 e. The summed E-state index contributed by atoms with van der Waals surface area (Å²) in [6.45, 7) is 2.93. The highest BCUT2D eigenvalue weighted by atomic mass is 35.5. The van der Waals surface area contributed by atoms with Gasteiger partial charge in [-0.2, -0.15) is 0 Å². The quantitative estimate of drug-likeness (QED) is 0.887. The van der Waals surface area contributed by atoms with Gasteiger partial charge in [-0.3, -0.25) is 4.98 Å². The zero-order valence-electron chi connectivity index (χ0n) is 11.6. The van der Waals surface area contributed by atoms with Crippen LogP contribution < -0.4 is 5.32 Å². The summed E-state index contributed by atoms with van der Waals surface area (Å²) in [7, 11) is 0. The lowest BCUT2D eigenvalue weighted by molar-refractivity contribution is 0.476. The van der Waals surface area contributed by atoms with Gasteiger partial charge >= 0.3 is 0 Å². The zero-order valence-corrected chi connectivity index (χ0v) is 12.4. The third kappa shape index (κ3) is 3.20. The van der Waals surface area contributed by atoms with Crippen molar-refractivity contribution in [3.63, 3.8) is 0 Å². The average molecular weight is 287 g/mol. The molecule has 2 aromatic rings. The van der Waals surface area contributed by atoms with Gasteiger partial charge in [-0.15, -0.1) is 0 Å². The fraction of sp³-hybridized carbons (Fsp3) is 0.353. The molecule has 1 atom stereocenters. The molecule has 1 unspecified atom stereocenters. The molecule has 0 spiro atoms. The maximum atomic E-state index is 5.97. The summed E-state index contributed by atoms with van der Waals surface area (Å²) in [5.74, 6) is 0.750. The number of pyridine rings is 1. The van der Waals surface area contributed by atoms with Crippen molar-refractivity contribution >= 4 is 11.6 Å². The van der Waals surface area contributed by atoms with E-state index in [0.717, 1.165) is 23.2 Å². The number of nitrogens with one attached hydrogen (secondary N) is 1. The van der Waals surface area contributed by atoms with E-state index < -0.39 is 0 Å². The molecule has 0 radical (unpaired) electrons. The molecule has 0 saturated heterocycles. The molecule has 1 aliphatic rings. The normalized spacial score (nSPS) is 16.1. The first-order chi connectivity index (χ1) is 9.74. The molecule has 1 aromatic carbocycles. The number of rotatable bonds is 5. The molecule has 1 fully saturated rings. The molecule has 20 heavy (non-hydrogen) atoms. The number of aromatic nitrogens is 1. The Bertz CT molecular complexity index is 576. The van der Waals surface area contributed by atoms with Gasteiger partial charge in [0, 0.05) is 23.8 Å². The highest BCUT2D eigenvalue weighted by Crippen LogP contribution is 2.41. The van der Waals surface area contributed by atoms with Crippen molar-refractivity contribution < 1.29 is 0 Å². The van der Waals surface area contributed by atoms with Crippen molar-refractivity contribution in [1.82, 2.24) is 10.3 Å². The Morgan fingerprint density at radius 1 is 1.25 bits per heavy atom. The van der Waals surface area contributed by atoms with Crippen LogP contribution in [0.1, 0.15) is 35.7 Å². The number of halogens is 1. The summed E-state index contributed by atoms with van der Waals surface area (Å²) >= 11 is 5.97. The van der Waals surface area contributed by atoms with E-state index in [-0.39, 0.29) is 0 Å². The van der Waals surface area contributed by atoms with Crippen molar-refractivity contribution in [2.75, 3.05) is 0 Å². The van der Waals surface area contributed by atoms with E-state index in [9.17, 15) is 0 Å². The fourth-order valence-corrected chi connectivity index (χ4v) is 2.69. The molecule has 0 bridgehead atoms. The van der Waals surface area contributed by atoms with Crippen molar-refractivity contribution in [3.8, 4) is 0 Å². The number of hydrogen-bond donors (Lipinski definition) is 1. The second-order valence-corrected chi connectivity index (χ2v) is 5.95. The van der Waals surface area contributed by atoms with E-state index >= 15 is 0 Å². The predicted molar refractivity (Wildman–Crippen MR) is 82.7 cm³/mol. The highest BCUT2D eigenvalue weighted by Gasteiger charge is 2.31. The van der Waals surface area contributed by atoms with E-state index in [4.69, 9.17) is 11.6 Å². The maximum absolute atomic E-state index is 5.97. The lowest BCUT2D eigenvalue weighted by atomic mass is 10.0. The minimum atomic E-state index is 0.411. The van der Waals surface area contributed by atoms with E-state index in [1.54, 1.807) is 0 Å². The lowest BCUT2D eigenvalue weighted by Gasteiger charge is -2.19. The average Bonchev–Trinajstić information content (AvgIpc) is 3.27. The minimum Gasteiger partial charge on any atom is -0.304 e. The summed E-state index contributed by atoms with van der Waals surface area (Å²) in [6, 6.07) is 12.7. The van der Waals surface area contributed by atoms with Crippen molar-refractivity contribution in [2.45, 2.75) is 32.4 Å². The monoisotopic (exact) mass is 286 g/mol. The van der Waals surface area contributed by atoms with Crippen LogP contribution in [-0.2, 0) is 6.54 Å². The molecule has 1 saturated carbocycles. The van der Waals surface area contributed by atoms with Crippen LogP contribution in [0.2, 0.25) is 5.02 Å². The number of nitrogens with zero attached hydrogens (tertiary/aromatic N) is 1.